The van der Waals surface area contributed by atoms with E-state index in [0.29, 0.717) is 12.4 Å². The van der Waals surface area contributed by atoms with Gasteiger partial charge in [-0.1, -0.05) is 18.5 Å². The van der Waals surface area contributed by atoms with E-state index in [1.165, 1.54) is 0 Å². The minimum Gasteiger partial charge on any atom is -0.373 e. The fourth-order valence-electron chi connectivity index (χ4n) is 1.47. The third-order valence-electron chi connectivity index (χ3n) is 2.53. The maximum absolute atomic E-state index is 11.9. The molecular formula is C13H19ClN4O2. The molecule has 1 heterocycles. The van der Waals surface area contributed by atoms with Crippen LogP contribution in [0.2, 0.25) is 5.02 Å². The van der Waals surface area contributed by atoms with Crippen LogP contribution in [0.3, 0.4) is 0 Å². The van der Waals surface area contributed by atoms with Crippen LogP contribution in [0.15, 0.2) is 12.1 Å². The highest BCUT2D eigenvalue weighted by Gasteiger charge is 2.13. The lowest BCUT2D eigenvalue weighted by molar-refractivity contribution is -0.120. The van der Waals surface area contributed by atoms with E-state index in [2.05, 4.69) is 20.9 Å². The normalized spacial score (nSPS) is 9.95. The lowest BCUT2D eigenvalue weighted by atomic mass is 10.3. The summed E-state index contributed by atoms with van der Waals surface area (Å²) in [6.07, 6.45) is 1.11. The molecule has 0 aromatic carbocycles. The second-order valence-electron chi connectivity index (χ2n) is 4.13. The van der Waals surface area contributed by atoms with Gasteiger partial charge in [0.25, 0.3) is 5.91 Å². The molecule has 0 radical (unpaired) electrons. The van der Waals surface area contributed by atoms with Gasteiger partial charge in [-0.2, -0.15) is 0 Å². The van der Waals surface area contributed by atoms with Gasteiger partial charge in [0.2, 0.25) is 5.91 Å². The van der Waals surface area contributed by atoms with Gasteiger partial charge in [-0.15, -0.1) is 0 Å². The Hall–Kier alpha value is -1.82. The number of pyridine rings is 1. The van der Waals surface area contributed by atoms with E-state index in [0.717, 1.165) is 6.42 Å². The second-order valence-corrected chi connectivity index (χ2v) is 4.54. The highest BCUT2D eigenvalue weighted by atomic mass is 35.5. The highest BCUT2D eigenvalue weighted by Crippen LogP contribution is 2.16. The predicted molar refractivity (Wildman–Crippen MR) is 79.0 cm³/mol. The van der Waals surface area contributed by atoms with Crippen LogP contribution in [0.1, 0.15) is 30.3 Å². The van der Waals surface area contributed by atoms with Crippen LogP contribution in [-0.4, -0.2) is 36.9 Å². The van der Waals surface area contributed by atoms with Crippen molar-refractivity contribution in [3.05, 3.63) is 22.8 Å². The smallest absolute Gasteiger partial charge is 0.271 e. The molecule has 0 spiro atoms. The van der Waals surface area contributed by atoms with E-state index in [1.54, 1.807) is 19.2 Å². The maximum Gasteiger partial charge on any atom is 0.271 e. The van der Waals surface area contributed by atoms with Gasteiger partial charge in [0.15, 0.2) is 0 Å². The van der Waals surface area contributed by atoms with Crippen molar-refractivity contribution >= 4 is 29.2 Å². The quantitative estimate of drug-likeness (QED) is 0.711. The number of halogens is 1. The molecule has 1 aromatic heterocycles. The summed E-state index contributed by atoms with van der Waals surface area (Å²) in [5.74, 6) is 0.0748. The minimum atomic E-state index is -0.393. The zero-order valence-corrected chi connectivity index (χ0v) is 12.4. The van der Waals surface area contributed by atoms with Crippen molar-refractivity contribution < 1.29 is 9.59 Å². The molecule has 0 unspecified atom stereocenters. The van der Waals surface area contributed by atoms with Gasteiger partial charge in [0.1, 0.15) is 11.5 Å². The molecule has 0 bridgehead atoms. The van der Waals surface area contributed by atoms with Crippen molar-refractivity contribution in [2.45, 2.75) is 19.8 Å². The van der Waals surface area contributed by atoms with Gasteiger partial charge in [-0.25, -0.2) is 4.98 Å². The number of rotatable bonds is 7. The molecule has 1 aromatic rings. The molecule has 2 amide bonds. The Morgan fingerprint density at radius 2 is 2.00 bits per heavy atom. The molecule has 0 saturated heterocycles. The number of carbonyl (C=O) groups is 2. The summed E-state index contributed by atoms with van der Waals surface area (Å²) in [5, 5.41) is 8.47. The summed E-state index contributed by atoms with van der Waals surface area (Å²) in [6, 6.07) is 3.28. The summed E-state index contributed by atoms with van der Waals surface area (Å²) in [6.45, 7) is 2.87. The molecule has 0 aliphatic heterocycles. The Balaban J connectivity index is 2.49. The van der Waals surface area contributed by atoms with Gasteiger partial charge < -0.3 is 16.0 Å². The summed E-state index contributed by atoms with van der Waals surface area (Å²) < 4.78 is 0. The summed E-state index contributed by atoms with van der Waals surface area (Å²) in [5.41, 5.74) is 0.146. The number of nitrogens with one attached hydrogen (secondary N) is 3. The summed E-state index contributed by atoms with van der Waals surface area (Å²) >= 11 is 5.93. The third kappa shape index (κ3) is 5.05. The van der Waals surface area contributed by atoms with Crippen molar-refractivity contribution in [1.29, 1.82) is 0 Å². The zero-order chi connectivity index (χ0) is 15.0. The van der Waals surface area contributed by atoms with Crippen molar-refractivity contribution in [2.75, 3.05) is 25.5 Å². The monoisotopic (exact) mass is 298 g/mol. The molecule has 6 nitrogen and oxygen atoms in total. The van der Waals surface area contributed by atoms with Crippen molar-refractivity contribution in [1.82, 2.24) is 15.6 Å². The molecule has 20 heavy (non-hydrogen) atoms. The molecule has 1 rings (SSSR count). The molecule has 0 aliphatic rings. The molecule has 3 N–H and O–H groups in total. The van der Waals surface area contributed by atoms with Gasteiger partial charge >= 0.3 is 0 Å². The highest BCUT2D eigenvalue weighted by molar-refractivity contribution is 6.33. The standard InChI is InChI=1S/C13H19ClN4O2/c1-3-7-16-11(19)6-8-17-13(20)12-9(14)4-5-10(15-2)18-12/h4-5H,3,6-8H2,1-2H3,(H,15,18)(H,16,19)(H,17,20). The van der Waals surface area contributed by atoms with Gasteiger partial charge in [-0.05, 0) is 18.6 Å². The van der Waals surface area contributed by atoms with E-state index in [9.17, 15) is 9.59 Å². The van der Waals surface area contributed by atoms with Crippen molar-refractivity contribution in [2.24, 2.45) is 0 Å². The van der Waals surface area contributed by atoms with Crippen LogP contribution in [0.5, 0.6) is 0 Å². The zero-order valence-electron chi connectivity index (χ0n) is 11.6. The molecule has 0 saturated carbocycles. The number of carbonyl (C=O) groups excluding carboxylic acids is 2. The van der Waals surface area contributed by atoms with Crippen LogP contribution in [0, 0.1) is 0 Å². The summed E-state index contributed by atoms with van der Waals surface area (Å²) in [4.78, 5) is 27.4. The first-order valence-electron chi connectivity index (χ1n) is 6.47. The molecule has 0 atom stereocenters. The van der Waals surface area contributed by atoms with E-state index < -0.39 is 5.91 Å². The van der Waals surface area contributed by atoms with E-state index in [-0.39, 0.29) is 29.6 Å². The fraction of sp³-hybridized carbons (Fsp3) is 0.462. The maximum atomic E-state index is 11.9. The van der Waals surface area contributed by atoms with Crippen LogP contribution >= 0.6 is 11.6 Å². The Morgan fingerprint density at radius 3 is 2.65 bits per heavy atom. The average Bonchev–Trinajstić information content (AvgIpc) is 2.45. The Labute approximate surface area is 123 Å². The Morgan fingerprint density at radius 1 is 1.25 bits per heavy atom. The lowest BCUT2D eigenvalue weighted by Gasteiger charge is -2.08. The Bertz CT molecular complexity index is 479. The molecular weight excluding hydrogens is 280 g/mol. The van der Waals surface area contributed by atoms with Crippen molar-refractivity contribution in [3.63, 3.8) is 0 Å². The SMILES string of the molecule is CCCNC(=O)CCNC(=O)c1nc(NC)ccc1Cl. The largest absolute Gasteiger partial charge is 0.373 e. The average molecular weight is 299 g/mol. The predicted octanol–water partition coefficient (Wildman–Crippen LogP) is 1.42. The van der Waals surface area contributed by atoms with Crippen LogP contribution in [0.4, 0.5) is 5.82 Å². The fourth-order valence-corrected chi connectivity index (χ4v) is 1.66. The first-order chi connectivity index (χ1) is 9.58. The number of amides is 2. The van der Waals surface area contributed by atoms with E-state index in [4.69, 9.17) is 11.6 Å². The molecule has 0 fully saturated rings. The van der Waals surface area contributed by atoms with Crippen LogP contribution in [0.25, 0.3) is 0 Å². The number of aromatic nitrogens is 1. The van der Waals surface area contributed by atoms with Gasteiger partial charge in [-0.3, -0.25) is 9.59 Å². The third-order valence-corrected chi connectivity index (χ3v) is 2.83. The topological polar surface area (TPSA) is 83.1 Å². The number of hydrogen-bond acceptors (Lipinski definition) is 4. The second kappa shape index (κ2) is 8.37. The number of nitrogens with zero attached hydrogens (tertiary/aromatic N) is 1. The molecule has 110 valence electrons. The lowest BCUT2D eigenvalue weighted by Crippen LogP contribution is -2.31. The first-order valence-corrected chi connectivity index (χ1v) is 6.85. The molecule has 7 heteroatoms. The van der Waals surface area contributed by atoms with E-state index >= 15 is 0 Å². The number of hydrogen-bond donors (Lipinski definition) is 3. The van der Waals surface area contributed by atoms with Crippen molar-refractivity contribution in [3.8, 4) is 0 Å². The van der Waals surface area contributed by atoms with Crippen LogP contribution < -0.4 is 16.0 Å². The van der Waals surface area contributed by atoms with Gasteiger partial charge in [0.05, 0.1) is 5.02 Å². The Kier molecular flexibility index (Phi) is 6.79. The first kappa shape index (κ1) is 16.2. The summed E-state index contributed by atoms with van der Waals surface area (Å²) in [7, 11) is 1.70. The minimum absolute atomic E-state index is 0.0878. The molecule has 0 aliphatic carbocycles. The van der Waals surface area contributed by atoms with E-state index in [1.807, 2.05) is 6.92 Å². The number of anilines is 1. The van der Waals surface area contributed by atoms with Crippen LogP contribution in [-0.2, 0) is 4.79 Å². The van der Waals surface area contributed by atoms with Gasteiger partial charge in [0, 0.05) is 26.6 Å².